The van der Waals surface area contributed by atoms with Gasteiger partial charge in [0.25, 0.3) is 5.91 Å². The van der Waals surface area contributed by atoms with Crippen molar-refractivity contribution >= 4 is 72.1 Å². The van der Waals surface area contributed by atoms with E-state index in [4.69, 9.17) is 11.6 Å². The molecule has 0 unspecified atom stereocenters. The van der Waals surface area contributed by atoms with Crippen molar-refractivity contribution < 1.29 is 23.1 Å². The van der Waals surface area contributed by atoms with Gasteiger partial charge in [-0.2, -0.15) is 4.31 Å². The van der Waals surface area contributed by atoms with Crippen molar-refractivity contribution in [3.05, 3.63) is 73.3 Å². The first-order chi connectivity index (χ1) is 16.6. The van der Waals surface area contributed by atoms with Crippen LogP contribution < -0.4 is 10.2 Å². The molecular weight excluding hydrogens is 578 g/mol. The number of hydrogen-bond donors (Lipinski definition) is 2. The molecule has 1 aliphatic rings. The van der Waals surface area contributed by atoms with Crippen LogP contribution in [0.2, 0.25) is 5.02 Å². The first kappa shape index (κ1) is 25.6. The predicted molar refractivity (Wildman–Crippen MR) is 141 cm³/mol. The van der Waals surface area contributed by atoms with Gasteiger partial charge in [-0.05, 0) is 55.5 Å². The van der Waals surface area contributed by atoms with Crippen LogP contribution in [0.1, 0.15) is 24.9 Å². The smallest absolute Gasteiger partial charge is 0.337 e. The number of nitrogens with zero attached hydrogens (tertiary/aromatic N) is 2. The number of hydrogen-bond acceptors (Lipinski definition) is 6. The second-order valence-corrected chi connectivity index (χ2v) is 12.4. The van der Waals surface area contributed by atoms with Crippen molar-refractivity contribution in [3.8, 4) is 0 Å². The normalized spacial score (nSPS) is 14.7. The van der Waals surface area contributed by atoms with E-state index in [1.165, 1.54) is 22.5 Å². The number of carboxylic acids is 1. The molecule has 184 valence electrons. The molecule has 0 atom stereocenters. The summed E-state index contributed by atoms with van der Waals surface area (Å²) in [7, 11) is -3.80. The zero-order valence-electron chi connectivity index (χ0n) is 18.5. The Morgan fingerprint density at radius 2 is 1.71 bits per heavy atom. The summed E-state index contributed by atoms with van der Waals surface area (Å²) < 4.78 is 28.7. The molecule has 12 heteroatoms. The number of nitrogens with one attached hydrogen (secondary N) is 1. The summed E-state index contributed by atoms with van der Waals surface area (Å²) in [5.74, 6) is -1.76. The molecule has 0 bridgehead atoms. The van der Waals surface area contributed by atoms with Crippen molar-refractivity contribution in [2.75, 3.05) is 36.4 Å². The number of benzene rings is 2. The molecule has 35 heavy (non-hydrogen) atoms. The number of piperazine rings is 1. The number of rotatable bonds is 6. The monoisotopic (exact) mass is 597 g/mol. The van der Waals surface area contributed by atoms with Gasteiger partial charge in [-0.3, -0.25) is 4.79 Å². The standard InChI is InChI=1S/C23H21BrClN3O5S2/c1-14-21(13-20(34-14)22(29)26-19-7-2-15(24)12-18(19)23(30)31)35(32,33)28-10-8-27(9-11-28)17-5-3-16(25)4-6-17/h2-7,12-13H,8-11H2,1H3,(H,26,29)(H,30,31). The first-order valence-electron chi connectivity index (χ1n) is 10.5. The Morgan fingerprint density at radius 3 is 2.34 bits per heavy atom. The Kier molecular flexibility index (Phi) is 7.53. The number of halogens is 2. The van der Waals surface area contributed by atoms with Crippen molar-refractivity contribution in [1.82, 2.24) is 4.31 Å². The fraction of sp³-hybridized carbons (Fsp3) is 0.217. The van der Waals surface area contributed by atoms with E-state index in [0.717, 1.165) is 17.0 Å². The molecule has 0 aliphatic carbocycles. The maximum absolute atomic E-state index is 13.4. The molecule has 4 rings (SSSR count). The highest BCUT2D eigenvalue weighted by atomic mass is 79.9. The van der Waals surface area contributed by atoms with Gasteiger partial charge < -0.3 is 15.3 Å². The van der Waals surface area contributed by atoms with Crippen LogP contribution in [0.4, 0.5) is 11.4 Å². The summed E-state index contributed by atoms with van der Waals surface area (Å²) in [6, 6.07) is 13.2. The number of carbonyl (C=O) groups is 2. The predicted octanol–water partition coefficient (Wildman–Crippen LogP) is 4.93. The molecule has 0 saturated carbocycles. The van der Waals surface area contributed by atoms with E-state index < -0.39 is 21.9 Å². The van der Waals surface area contributed by atoms with Crippen LogP contribution in [-0.4, -0.2) is 55.9 Å². The fourth-order valence-corrected chi connectivity index (χ4v) is 7.16. The number of carbonyl (C=O) groups excluding carboxylic acids is 1. The highest BCUT2D eigenvalue weighted by Crippen LogP contribution is 2.31. The number of amides is 1. The van der Waals surface area contributed by atoms with Crippen LogP contribution in [-0.2, 0) is 10.0 Å². The minimum absolute atomic E-state index is 0.0765. The number of carboxylic acid groups (broad SMARTS) is 1. The van der Waals surface area contributed by atoms with Gasteiger partial charge >= 0.3 is 5.97 Å². The summed E-state index contributed by atoms with van der Waals surface area (Å²) >= 11 is 10.2. The van der Waals surface area contributed by atoms with E-state index in [0.29, 0.717) is 40.6 Å². The molecule has 2 N–H and O–H groups in total. The summed E-state index contributed by atoms with van der Waals surface area (Å²) in [6.07, 6.45) is 0. The topological polar surface area (TPSA) is 107 Å². The Morgan fingerprint density at radius 1 is 1.06 bits per heavy atom. The van der Waals surface area contributed by atoms with Crippen molar-refractivity contribution in [2.45, 2.75) is 11.8 Å². The summed E-state index contributed by atoms with van der Waals surface area (Å²) in [4.78, 5) is 27.2. The van der Waals surface area contributed by atoms with E-state index in [-0.39, 0.29) is 21.0 Å². The molecule has 0 spiro atoms. The average molecular weight is 599 g/mol. The lowest BCUT2D eigenvalue weighted by Gasteiger charge is -2.35. The van der Waals surface area contributed by atoms with Crippen molar-refractivity contribution in [2.24, 2.45) is 0 Å². The fourth-order valence-electron chi connectivity index (χ4n) is 3.80. The van der Waals surface area contributed by atoms with Gasteiger partial charge in [0.1, 0.15) is 0 Å². The molecule has 1 amide bonds. The molecule has 8 nitrogen and oxygen atoms in total. The largest absolute Gasteiger partial charge is 0.478 e. The molecular formula is C23H21BrClN3O5S2. The Labute approximate surface area is 220 Å². The third kappa shape index (κ3) is 5.54. The Balaban J connectivity index is 1.49. The molecule has 1 saturated heterocycles. The van der Waals surface area contributed by atoms with Crippen LogP contribution in [0.5, 0.6) is 0 Å². The van der Waals surface area contributed by atoms with Crippen LogP contribution >= 0.6 is 38.9 Å². The third-order valence-corrected chi connectivity index (χ3v) is 9.55. The second-order valence-electron chi connectivity index (χ2n) is 7.85. The van der Waals surface area contributed by atoms with E-state index in [9.17, 15) is 23.1 Å². The number of aryl methyl sites for hydroxylation is 1. The quantitative estimate of drug-likeness (QED) is 0.417. The number of anilines is 2. The van der Waals surface area contributed by atoms with Gasteiger partial charge in [0.05, 0.1) is 21.0 Å². The molecule has 2 aromatic carbocycles. The number of aromatic carboxylic acids is 1. The first-order valence-corrected chi connectivity index (χ1v) is 13.9. The maximum Gasteiger partial charge on any atom is 0.337 e. The number of sulfonamides is 1. The summed E-state index contributed by atoms with van der Waals surface area (Å²) in [5, 5.41) is 12.6. The highest BCUT2D eigenvalue weighted by Gasteiger charge is 2.32. The zero-order chi connectivity index (χ0) is 25.3. The van der Waals surface area contributed by atoms with Crippen LogP contribution in [0, 0.1) is 6.92 Å². The van der Waals surface area contributed by atoms with E-state index in [1.807, 2.05) is 12.1 Å². The number of thiophene rings is 1. The van der Waals surface area contributed by atoms with Gasteiger partial charge in [0.15, 0.2) is 0 Å². The highest BCUT2D eigenvalue weighted by molar-refractivity contribution is 9.10. The van der Waals surface area contributed by atoms with Gasteiger partial charge in [0, 0.05) is 46.2 Å². The molecule has 2 heterocycles. The van der Waals surface area contributed by atoms with E-state index in [1.54, 1.807) is 25.1 Å². The molecule has 1 aromatic heterocycles. The Bertz CT molecular complexity index is 1380. The molecule has 0 radical (unpaired) electrons. The zero-order valence-corrected chi connectivity index (χ0v) is 22.5. The SMILES string of the molecule is Cc1sc(C(=O)Nc2ccc(Br)cc2C(=O)O)cc1S(=O)(=O)N1CCN(c2ccc(Cl)cc2)CC1. The van der Waals surface area contributed by atoms with Crippen LogP contribution in [0.25, 0.3) is 0 Å². The molecule has 1 fully saturated rings. The van der Waals surface area contributed by atoms with Gasteiger partial charge in [-0.25, -0.2) is 13.2 Å². The van der Waals surface area contributed by atoms with Gasteiger partial charge in [-0.15, -0.1) is 11.3 Å². The summed E-state index contributed by atoms with van der Waals surface area (Å²) in [6.45, 7) is 3.32. The Hall–Kier alpha value is -2.44. The maximum atomic E-state index is 13.4. The summed E-state index contributed by atoms with van der Waals surface area (Å²) in [5.41, 5.74) is 1.03. The minimum atomic E-state index is -3.80. The van der Waals surface area contributed by atoms with E-state index >= 15 is 0 Å². The lowest BCUT2D eigenvalue weighted by molar-refractivity contribution is 0.0698. The lowest BCUT2D eigenvalue weighted by atomic mass is 10.2. The van der Waals surface area contributed by atoms with Crippen LogP contribution in [0.3, 0.4) is 0 Å². The molecule has 3 aromatic rings. The molecule has 1 aliphatic heterocycles. The second kappa shape index (κ2) is 10.3. The average Bonchev–Trinajstić information content (AvgIpc) is 3.23. The van der Waals surface area contributed by atoms with Crippen molar-refractivity contribution in [3.63, 3.8) is 0 Å². The third-order valence-electron chi connectivity index (χ3n) is 5.60. The van der Waals surface area contributed by atoms with Gasteiger partial charge in [-0.1, -0.05) is 27.5 Å². The van der Waals surface area contributed by atoms with Gasteiger partial charge in [0.2, 0.25) is 10.0 Å². The van der Waals surface area contributed by atoms with Crippen molar-refractivity contribution in [1.29, 1.82) is 0 Å². The van der Waals surface area contributed by atoms with E-state index in [2.05, 4.69) is 26.1 Å². The lowest BCUT2D eigenvalue weighted by Crippen LogP contribution is -2.48. The van der Waals surface area contributed by atoms with Crippen LogP contribution in [0.15, 0.2) is 57.9 Å². The minimum Gasteiger partial charge on any atom is -0.478 e.